The highest BCUT2D eigenvalue weighted by molar-refractivity contribution is 4.95. The zero-order valence-electron chi connectivity index (χ0n) is 10.2. The minimum Gasteiger partial charge on any atom is -0.473 e. The van der Waals surface area contributed by atoms with E-state index in [-0.39, 0.29) is 6.23 Å². The first-order valence-electron chi connectivity index (χ1n) is 5.66. The van der Waals surface area contributed by atoms with E-state index in [2.05, 4.69) is 18.3 Å². The fourth-order valence-corrected chi connectivity index (χ4v) is 0.785. The molecule has 1 unspecified atom stereocenters. The Hall–Kier alpha value is -0.920. The van der Waals surface area contributed by atoms with Crippen LogP contribution < -0.4 is 5.32 Å². The quantitative estimate of drug-likeness (QED) is 0.698. The van der Waals surface area contributed by atoms with Crippen LogP contribution in [0.3, 0.4) is 0 Å². The average molecular weight is 199 g/mol. The van der Waals surface area contributed by atoms with Crippen LogP contribution in [0.1, 0.15) is 47.5 Å². The van der Waals surface area contributed by atoms with Crippen LogP contribution in [-0.2, 0) is 4.74 Å². The molecule has 1 aliphatic heterocycles. The van der Waals surface area contributed by atoms with Crippen LogP contribution in [0, 0.1) is 0 Å². The Labute approximate surface area is 89.0 Å². The third-order valence-corrected chi connectivity index (χ3v) is 1.32. The predicted octanol–water partition coefficient (Wildman–Crippen LogP) is 3.81. The molecule has 0 aliphatic carbocycles. The molecule has 1 heterocycles. The van der Waals surface area contributed by atoms with Crippen molar-refractivity contribution in [3.63, 3.8) is 0 Å². The second kappa shape index (κ2) is 14.6. The van der Waals surface area contributed by atoms with E-state index in [9.17, 15) is 0 Å². The Morgan fingerprint density at radius 2 is 1.93 bits per heavy atom. The molecule has 2 nitrogen and oxygen atoms in total. The lowest BCUT2D eigenvalue weighted by molar-refractivity contribution is 0.197. The van der Waals surface area contributed by atoms with Gasteiger partial charge in [0.25, 0.3) is 0 Å². The maximum absolute atomic E-state index is 5.12. The van der Waals surface area contributed by atoms with Crippen LogP contribution in [0.5, 0.6) is 0 Å². The third-order valence-electron chi connectivity index (χ3n) is 1.32. The van der Waals surface area contributed by atoms with Crippen molar-refractivity contribution in [2.45, 2.75) is 53.7 Å². The van der Waals surface area contributed by atoms with Gasteiger partial charge in [-0.2, -0.15) is 0 Å². The molecule has 0 fully saturated rings. The fourth-order valence-electron chi connectivity index (χ4n) is 0.785. The number of hydrogen-bond donors (Lipinski definition) is 1. The van der Waals surface area contributed by atoms with Gasteiger partial charge in [-0.15, -0.1) is 0 Å². The third kappa shape index (κ3) is 9.17. The van der Waals surface area contributed by atoms with Crippen molar-refractivity contribution in [3.05, 3.63) is 24.6 Å². The molecule has 0 aromatic heterocycles. The van der Waals surface area contributed by atoms with Crippen molar-refractivity contribution < 1.29 is 4.74 Å². The molecule has 0 aromatic rings. The summed E-state index contributed by atoms with van der Waals surface area (Å²) in [7, 11) is 0. The van der Waals surface area contributed by atoms with E-state index in [0.717, 1.165) is 6.42 Å². The van der Waals surface area contributed by atoms with Gasteiger partial charge in [0, 0.05) is 6.20 Å². The van der Waals surface area contributed by atoms with E-state index in [0.29, 0.717) is 0 Å². The second-order valence-electron chi connectivity index (χ2n) is 2.24. The van der Waals surface area contributed by atoms with E-state index in [1.54, 1.807) is 12.5 Å². The predicted molar refractivity (Wildman–Crippen MR) is 63.9 cm³/mol. The zero-order chi connectivity index (χ0) is 11.2. The molecule has 0 spiro atoms. The highest BCUT2D eigenvalue weighted by atomic mass is 16.5. The minimum absolute atomic E-state index is 0.0755. The molecule has 0 radical (unpaired) electrons. The number of ether oxygens (including phenoxy) is 1. The lowest BCUT2D eigenvalue weighted by Crippen LogP contribution is -2.17. The molecule has 0 aromatic carbocycles. The van der Waals surface area contributed by atoms with Crippen LogP contribution in [0.25, 0.3) is 0 Å². The van der Waals surface area contributed by atoms with Gasteiger partial charge >= 0.3 is 0 Å². The van der Waals surface area contributed by atoms with Crippen LogP contribution in [-0.4, -0.2) is 6.23 Å². The van der Waals surface area contributed by atoms with Gasteiger partial charge in [-0.05, 0) is 12.5 Å². The molecular formula is C12H25NO. The first-order chi connectivity index (χ1) is 6.93. The number of hydrogen-bond acceptors (Lipinski definition) is 2. The number of rotatable bonds is 3. The maximum Gasteiger partial charge on any atom is 0.188 e. The summed E-state index contributed by atoms with van der Waals surface area (Å²) in [5, 5.41) is 3.03. The summed E-state index contributed by atoms with van der Waals surface area (Å²) in [6, 6.07) is 0. The van der Waals surface area contributed by atoms with Crippen molar-refractivity contribution in [1.29, 1.82) is 0 Å². The van der Waals surface area contributed by atoms with Crippen LogP contribution in [0.15, 0.2) is 24.6 Å². The molecule has 2 heteroatoms. The van der Waals surface area contributed by atoms with E-state index < -0.39 is 0 Å². The van der Waals surface area contributed by atoms with E-state index in [1.807, 2.05) is 33.8 Å². The van der Waals surface area contributed by atoms with E-state index in [1.165, 1.54) is 6.42 Å². The van der Waals surface area contributed by atoms with Crippen LogP contribution >= 0.6 is 0 Å². The van der Waals surface area contributed by atoms with Gasteiger partial charge in [-0.3, -0.25) is 0 Å². The van der Waals surface area contributed by atoms with Crippen LogP contribution in [0.4, 0.5) is 0 Å². The summed E-state index contributed by atoms with van der Waals surface area (Å²) in [5.74, 6) is 0. The van der Waals surface area contributed by atoms with Gasteiger partial charge in [0.1, 0.15) is 6.26 Å². The lowest BCUT2D eigenvalue weighted by atomic mass is 10.3. The van der Waals surface area contributed by atoms with Gasteiger partial charge in [0.15, 0.2) is 6.23 Å². The average Bonchev–Trinajstić information content (AvgIpc) is 2.77. The lowest BCUT2D eigenvalue weighted by Gasteiger charge is -2.03. The number of unbranched alkanes of at least 4 members (excludes halogenated alkanes) is 1. The molecule has 0 amide bonds. The number of nitrogens with one attached hydrogen (secondary N) is 1. The van der Waals surface area contributed by atoms with Crippen molar-refractivity contribution in [2.75, 3.05) is 0 Å². The molecule has 1 atom stereocenters. The summed E-state index contributed by atoms with van der Waals surface area (Å²) in [6.07, 6.45) is 10.0. The molecule has 0 saturated heterocycles. The molecule has 0 saturated carbocycles. The number of allylic oxidation sites excluding steroid dienone is 1. The summed E-state index contributed by atoms with van der Waals surface area (Å²) in [5.41, 5.74) is 0. The molecule has 14 heavy (non-hydrogen) atoms. The summed E-state index contributed by atoms with van der Waals surface area (Å²) < 4.78 is 5.12. The van der Waals surface area contributed by atoms with Crippen LogP contribution in [0.2, 0.25) is 0 Å². The van der Waals surface area contributed by atoms with E-state index >= 15 is 0 Å². The maximum atomic E-state index is 5.12. The summed E-state index contributed by atoms with van der Waals surface area (Å²) >= 11 is 0. The second-order valence-corrected chi connectivity index (χ2v) is 2.24. The molecule has 1 N–H and O–H groups in total. The highest BCUT2D eigenvalue weighted by Crippen LogP contribution is 1.99. The van der Waals surface area contributed by atoms with Crippen molar-refractivity contribution in [1.82, 2.24) is 5.32 Å². The minimum atomic E-state index is 0.0755. The molecule has 1 rings (SSSR count). The first kappa shape index (κ1) is 15.5. The van der Waals surface area contributed by atoms with Gasteiger partial charge in [0.2, 0.25) is 0 Å². The molecule has 1 aliphatic rings. The van der Waals surface area contributed by atoms with Gasteiger partial charge in [0.05, 0.1) is 0 Å². The first-order valence-corrected chi connectivity index (χ1v) is 5.66. The molecule has 84 valence electrons. The standard InChI is InChI=1S/C8H13NO.2C2H6/c1-2-3-4-5-8-9-6-7-10-8;2*1-2/h4-9H,2-3H2,1H3;2*1-2H3/b5-4+;;. The van der Waals surface area contributed by atoms with E-state index in [4.69, 9.17) is 4.74 Å². The van der Waals surface area contributed by atoms with Gasteiger partial charge in [-0.25, -0.2) is 0 Å². The Morgan fingerprint density at radius 1 is 1.29 bits per heavy atom. The van der Waals surface area contributed by atoms with Gasteiger partial charge < -0.3 is 10.1 Å². The zero-order valence-corrected chi connectivity index (χ0v) is 10.2. The van der Waals surface area contributed by atoms with Crippen molar-refractivity contribution >= 4 is 0 Å². The van der Waals surface area contributed by atoms with Crippen molar-refractivity contribution in [2.24, 2.45) is 0 Å². The largest absolute Gasteiger partial charge is 0.473 e. The Kier molecular flexibility index (Phi) is 16.2. The Morgan fingerprint density at radius 3 is 2.36 bits per heavy atom. The summed E-state index contributed by atoms with van der Waals surface area (Å²) in [6.45, 7) is 10.2. The summed E-state index contributed by atoms with van der Waals surface area (Å²) in [4.78, 5) is 0. The Balaban J connectivity index is 0. The molecular weight excluding hydrogens is 174 g/mol. The monoisotopic (exact) mass is 199 g/mol. The molecule has 0 bridgehead atoms. The smallest absolute Gasteiger partial charge is 0.188 e. The topological polar surface area (TPSA) is 21.3 Å². The highest BCUT2D eigenvalue weighted by Gasteiger charge is 2.02. The van der Waals surface area contributed by atoms with Gasteiger partial charge in [-0.1, -0.05) is 47.1 Å². The Bertz CT molecular complexity index is 133. The van der Waals surface area contributed by atoms with Crippen molar-refractivity contribution in [3.8, 4) is 0 Å². The normalized spacial score (nSPS) is 17.4. The SMILES string of the molecule is CC.CC.CCC/C=C/C1NC=CO1. The fraction of sp³-hybridized carbons (Fsp3) is 0.667.